The number of hydrogen-bond acceptors (Lipinski definition) is 3. The zero-order valence-electron chi connectivity index (χ0n) is 12.0. The lowest BCUT2D eigenvalue weighted by molar-refractivity contribution is 0.0953. The van der Waals surface area contributed by atoms with E-state index in [1.54, 1.807) is 36.7 Å². The zero-order valence-corrected chi connectivity index (χ0v) is 12.0. The highest BCUT2D eigenvalue weighted by Crippen LogP contribution is 2.06. The van der Waals surface area contributed by atoms with Gasteiger partial charge in [0.1, 0.15) is 0 Å². The molecule has 0 aliphatic heterocycles. The van der Waals surface area contributed by atoms with Crippen molar-refractivity contribution in [2.75, 3.05) is 6.54 Å². The van der Waals surface area contributed by atoms with Gasteiger partial charge in [-0.15, -0.1) is 0 Å². The van der Waals surface area contributed by atoms with E-state index in [-0.39, 0.29) is 11.7 Å². The first-order valence-electron chi connectivity index (χ1n) is 6.95. The van der Waals surface area contributed by atoms with Gasteiger partial charge >= 0.3 is 0 Å². The monoisotopic (exact) mass is 282 g/mol. The molecule has 2 rings (SSSR count). The number of pyridine rings is 1. The van der Waals surface area contributed by atoms with Crippen LogP contribution in [0.4, 0.5) is 0 Å². The lowest BCUT2D eigenvalue weighted by Gasteiger charge is -2.06. The van der Waals surface area contributed by atoms with E-state index in [9.17, 15) is 9.59 Å². The Morgan fingerprint density at radius 3 is 2.52 bits per heavy atom. The van der Waals surface area contributed by atoms with Crippen molar-refractivity contribution in [3.05, 3.63) is 65.5 Å². The molecule has 0 bridgehead atoms. The van der Waals surface area contributed by atoms with Crippen LogP contribution >= 0.6 is 0 Å². The van der Waals surface area contributed by atoms with Gasteiger partial charge in [0.2, 0.25) is 0 Å². The molecule has 4 heteroatoms. The summed E-state index contributed by atoms with van der Waals surface area (Å²) in [7, 11) is 0. The van der Waals surface area contributed by atoms with Gasteiger partial charge in [-0.1, -0.05) is 12.1 Å². The first-order chi connectivity index (χ1) is 10.2. The summed E-state index contributed by atoms with van der Waals surface area (Å²) >= 11 is 0. The fourth-order valence-electron chi connectivity index (χ4n) is 2.03. The highest BCUT2D eigenvalue weighted by molar-refractivity contribution is 5.99. The summed E-state index contributed by atoms with van der Waals surface area (Å²) in [5.41, 5.74) is 2.28. The van der Waals surface area contributed by atoms with Crippen LogP contribution in [0.2, 0.25) is 0 Å². The number of amides is 1. The summed E-state index contributed by atoms with van der Waals surface area (Å²) in [6, 6.07) is 10.7. The van der Waals surface area contributed by atoms with Crippen LogP contribution in [0.1, 0.15) is 39.6 Å². The SMILES string of the molecule is CC(=O)c1cccc(C(=O)NCCCc2ccncc2)c1. The number of aromatic nitrogens is 1. The minimum atomic E-state index is -0.146. The van der Waals surface area contributed by atoms with Crippen molar-refractivity contribution in [2.45, 2.75) is 19.8 Å². The van der Waals surface area contributed by atoms with Gasteiger partial charge in [0, 0.05) is 30.1 Å². The Morgan fingerprint density at radius 1 is 1.10 bits per heavy atom. The minimum Gasteiger partial charge on any atom is -0.352 e. The summed E-state index contributed by atoms with van der Waals surface area (Å²) in [4.78, 5) is 27.3. The number of hydrogen-bond donors (Lipinski definition) is 1. The maximum Gasteiger partial charge on any atom is 0.251 e. The van der Waals surface area contributed by atoms with Crippen LogP contribution in [0.3, 0.4) is 0 Å². The summed E-state index contributed by atoms with van der Waals surface area (Å²) in [5, 5.41) is 2.87. The Morgan fingerprint density at radius 2 is 1.81 bits per heavy atom. The van der Waals surface area contributed by atoms with Crippen LogP contribution in [0.5, 0.6) is 0 Å². The lowest BCUT2D eigenvalue weighted by Crippen LogP contribution is -2.24. The van der Waals surface area contributed by atoms with Gasteiger partial charge in [0.25, 0.3) is 5.91 Å². The van der Waals surface area contributed by atoms with Crippen molar-refractivity contribution in [1.29, 1.82) is 0 Å². The molecule has 0 fully saturated rings. The summed E-state index contributed by atoms with van der Waals surface area (Å²) in [5.74, 6) is -0.185. The van der Waals surface area contributed by atoms with Crippen molar-refractivity contribution >= 4 is 11.7 Å². The molecule has 1 aromatic carbocycles. The van der Waals surface area contributed by atoms with E-state index in [2.05, 4.69) is 10.3 Å². The van der Waals surface area contributed by atoms with Crippen LogP contribution in [0, 0.1) is 0 Å². The Bertz CT molecular complexity index is 624. The molecule has 0 saturated heterocycles. The molecule has 0 atom stereocenters. The van der Waals surface area contributed by atoms with E-state index in [0.29, 0.717) is 17.7 Å². The standard InChI is InChI=1S/C17H18N2O2/c1-13(20)15-5-2-6-16(12-15)17(21)19-9-3-4-14-7-10-18-11-8-14/h2,5-8,10-12H,3-4,9H2,1H3,(H,19,21). The van der Waals surface area contributed by atoms with Crippen molar-refractivity contribution in [3.8, 4) is 0 Å². The molecule has 4 nitrogen and oxygen atoms in total. The topological polar surface area (TPSA) is 59.1 Å². The maximum absolute atomic E-state index is 12.0. The largest absolute Gasteiger partial charge is 0.352 e. The number of carbonyl (C=O) groups is 2. The van der Waals surface area contributed by atoms with Crippen LogP contribution in [0.15, 0.2) is 48.8 Å². The molecule has 0 radical (unpaired) electrons. The molecular formula is C17H18N2O2. The highest BCUT2D eigenvalue weighted by Gasteiger charge is 2.07. The van der Waals surface area contributed by atoms with Gasteiger partial charge in [-0.05, 0) is 49.6 Å². The summed E-state index contributed by atoms with van der Waals surface area (Å²) in [6.45, 7) is 2.09. The molecule has 0 unspecified atom stereocenters. The number of nitrogens with zero attached hydrogens (tertiary/aromatic N) is 1. The van der Waals surface area contributed by atoms with Crippen molar-refractivity contribution in [3.63, 3.8) is 0 Å². The Labute approximate surface area is 124 Å². The molecule has 1 heterocycles. The number of benzene rings is 1. The van der Waals surface area contributed by atoms with Gasteiger partial charge in [0.05, 0.1) is 0 Å². The third-order valence-electron chi connectivity index (χ3n) is 3.21. The number of carbonyl (C=O) groups excluding carboxylic acids is 2. The highest BCUT2D eigenvalue weighted by atomic mass is 16.1. The number of aryl methyl sites for hydroxylation is 1. The van der Waals surface area contributed by atoms with Crippen molar-refractivity contribution in [1.82, 2.24) is 10.3 Å². The van der Waals surface area contributed by atoms with E-state index < -0.39 is 0 Å². The fourth-order valence-corrected chi connectivity index (χ4v) is 2.03. The second-order valence-electron chi connectivity index (χ2n) is 4.85. The zero-order chi connectivity index (χ0) is 15.1. The molecule has 1 aromatic heterocycles. The molecular weight excluding hydrogens is 264 g/mol. The van der Waals surface area contributed by atoms with Crippen LogP contribution in [-0.4, -0.2) is 23.2 Å². The summed E-state index contributed by atoms with van der Waals surface area (Å²) in [6.07, 6.45) is 5.29. The Hall–Kier alpha value is -2.49. The smallest absolute Gasteiger partial charge is 0.251 e. The predicted molar refractivity (Wildman–Crippen MR) is 81.3 cm³/mol. The number of rotatable bonds is 6. The molecule has 0 aliphatic rings. The molecule has 2 aromatic rings. The van der Waals surface area contributed by atoms with E-state index >= 15 is 0 Å². The van der Waals surface area contributed by atoms with Crippen LogP contribution < -0.4 is 5.32 Å². The third-order valence-corrected chi connectivity index (χ3v) is 3.21. The van der Waals surface area contributed by atoms with Crippen LogP contribution in [-0.2, 0) is 6.42 Å². The average Bonchev–Trinajstić information content (AvgIpc) is 2.52. The Balaban J connectivity index is 1.82. The fraction of sp³-hybridized carbons (Fsp3) is 0.235. The third kappa shape index (κ3) is 4.53. The second kappa shape index (κ2) is 7.33. The molecule has 108 valence electrons. The molecule has 21 heavy (non-hydrogen) atoms. The van der Waals surface area contributed by atoms with Crippen molar-refractivity contribution in [2.24, 2.45) is 0 Å². The summed E-state index contributed by atoms with van der Waals surface area (Å²) < 4.78 is 0. The van der Waals surface area contributed by atoms with Crippen molar-refractivity contribution < 1.29 is 9.59 Å². The van der Waals surface area contributed by atoms with E-state index in [1.165, 1.54) is 12.5 Å². The lowest BCUT2D eigenvalue weighted by atomic mass is 10.1. The van der Waals surface area contributed by atoms with Gasteiger partial charge in [0.15, 0.2) is 5.78 Å². The van der Waals surface area contributed by atoms with Gasteiger partial charge in [-0.25, -0.2) is 0 Å². The normalized spacial score (nSPS) is 10.1. The van der Waals surface area contributed by atoms with E-state index in [4.69, 9.17) is 0 Å². The van der Waals surface area contributed by atoms with Gasteiger partial charge in [-0.2, -0.15) is 0 Å². The molecule has 0 saturated carbocycles. The molecule has 0 spiro atoms. The quantitative estimate of drug-likeness (QED) is 0.654. The minimum absolute atomic E-state index is 0.0395. The first kappa shape index (κ1) is 14.9. The number of ketones is 1. The van der Waals surface area contributed by atoms with E-state index in [0.717, 1.165) is 12.8 Å². The molecule has 1 amide bonds. The maximum atomic E-state index is 12.0. The first-order valence-corrected chi connectivity index (χ1v) is 6.95. The number of nitrogens with one attached hydrogen (secondary N) is 1. The van der Waals surface area contributed by atoms with Gasteiger partial charge < -0.3 is 5.32 Å². The average molecular weight is 282 g/mol. The van der Waals surface area contributed by atoms with Gasteiger partial charge in [-0.3, -0.25) is 14.6 Å². The number of Topliss-reactive ketones (excluding diaryl/α,β-unsaturated/α-hetero) is 1. The van der Waals surface area contributed by atoms with Crippen LogP contribution in [0.25, 0.3) is 0 Å². The Kier molecular flexibility index (Phi) is 5.21. The molecule has 1 N–H and O–H groups in total. The molecule has 0 aliphatic carbocycles. The second-order valence-corrected chi connectivity index (χ2v) is 4.85. The van der Waals surface area contributed by atoms with E-state index in [1.807, 2.05) is 12.1 Å². The predicted octanol–water partition coefficient (Wildman–Crippen LogP) is 2.65.